The molecule has 4 rings (SSSR count). The van der Waals surface area contributed by atoms with E-state index >= 15 is 0 Å². The number of fused-ring (bicyclic) bond motifs is 1. The molecule has 0 bridgehead atoms. The summed E-state index contributed by atoms with van der Waals surface area (Å²) in [6.45, 7) is 7.83. The summed E-state index contributed by atoms with van der Waals surface area (Å²) in [7, 11) is 0. The summed E-state index contributed by atoms with van der Waals surface area (Å²) < 4.78 is 5.13. The highest BCUT2D eigenvalue weighted by molar-refractivity contribution is 5.92. The summed E-state index contributed by atoms with van der Waals surface area (Å²) in [6.07, 6.45) is 14.5. The molecule has 4 atom stereocenters. The maximum absolute atomic E-state index is 12.0. The Hall–Kier alpha value is -1.32. The van der Waals surface area contributed by atoms with E-state index in [4.69, 9.17) is 4.74 Å². The summed E-state index contributed by atoms with van der Waals surface area (Å²) in [5.74, 6) is 1.32. The lowest BCUT2D eigenvalue weighted by Crippen LogP contribution is -2.52. The molecule has 150 valence electrons. The zero-order valence-electron chi connectivity index (χ0n) is 17.2. The molecule has 4 nitrogen and oxygen atoms in total. The largest absolute Gasteiger partial charge is 0.460 e. The number of hydrogen-bond acceptors (Lipinski definition) is 3. The SMILES string of the molecule is CC1(C)CCC[C@@]2(C)[C@H]1CCC1(CC1)[C@@H]2CC/C=C1\C(=O)OCC1NC=O. The van der Waals surface area contributed by atoms with Gasteiger partial charge in [-0.3, -0.25) is 4.79 Å². The molecule has 4 heteroatoms. The first-order chi connectivity index (χ1) is 12.8. The van der Waals surface area contributed by atoms with Crippen LogP contribution in [0.2, 0.25) is 0 Å². The van der Waals surface area contributed by atoms with Gasteiger partial charge in [0.05, 0.1) is 11.6 Å². The van der Waals surface area contributed by atoms with E-state index in [0.717, 1.165) is 24.7 Å². The van der Waals surface area contributed by atoms with E-state index in [1.165, 1.54) is 44.9 Å². The molecular formula is C23H35NO3. The molecule has 3 saturated carbocycles. The van der Waals surface area contributed by atoms with Crippen molar-refractivity contribution in [3.63, 3.8) is 0 Å². The molecule has 1 unspecified atom stereocenters. The Morgan fingerprint density at radius 2 is 1.93 bits per heavy atom. The van der Waals surface area contributed by atoms with Crippen molar-refractivity contribution in [3.8, 4) is 0 Å². The molecule has 1 spiro atoms. The van der Waals surface area contributed by atoms with Crippen LogP contribution in [0.15, 0.2) is 11.6 Å². The van der Waals surface area contributed by atoms with Crippen LogP contribution in [-0.4, -0.2) is 25.0 Å². The van der Waals surface area contributed by atoms with Gasteiger partial charge in [0.2, 0.25) is 6.41 Å². The number of cyclic esters (lactones) is 1. The van der Waals surface area contributed by atoms with E-state index in [2.05, 4.69) is 26.1 Å². The second kappa shape index (κ2) is 6.63. The van der Waals surface area contributed by atoms with Gasteiger partial charge in [0, 0.05) is 0 Å². The molecule has 1 saturated heterocycles. The van der Waals surface area contributed by atoms with Crippen molar-refractivity contribution in [3.05, 3.63) is 11.6 Å². The molecule has 0 radical (unpaired) electrons. The molecule has 1 N–H and O–H groups in total. The molecule has 1 amide bonds. The van der Waals surface area contributed by atoms with E-state index in [1.54, 1.807) is 0 Å². The van der Waals surface area contributed by atoms with Crippen LogP contribution in [-0.2, 0) is 14.3 Å². The van der Waals surface area contributed by atoms with Crippen LogP contribution in [0.1, 0.15) is 78.6 Å². The first-order valence-electron chi connectivity index (χ1n) is 10.9. The quantitative estimate of drug-likeness (QED) is 0.442. The second-order valence-corrected chi connectivity index (χ2v) is 10.5. The van der Waals surface area contributed by atoms with Crippen molar-refractivity contribution in [2.75, 3.05) is 6.61 Å². The molecule has 1 heterocycles. The maximum atomic E-state index is 12.0. The minimum Gasteiger partial charge on any atom is -0.460 e. The van der Waals surface area contributed by atoms with Gasteiger partial charge in [-0.1, -0.05) is 33.3 Å². The number of amides is 1. The van der Waals surface area contributed by atoms with Crippen LogP contribution in [0.25, 0.3) is 0 Å². The summed E-state index contributed by atoms with van der Waals surface area (Å²) in [6, 6.07) is -0.270. The smallest absolute Gasteiger partial charge is 0.336 e. The highest BCUT2D eigenvalue weighted by Gasteiger charge is 2.62. The second-order valence-electron chi connectivity index (χ2n) is 10.5. The van der Waals surface area contributed by atoms with Crippen molar-refractivity contribution in [1.82, 2.24) is 5.32 Å². The number of nitrogens with one attached hydrogen (secondary N) is 1. The number of carbonyl (C=O) groups is 2. The molecule has 4 fully saturated rings. The summed E-state index contributed by atoms with van der Waals surface area (Å²) in [5.41, 5.74) is 2.11. The monoisotopic (exact) mass is 373 g/mol. The Morgan fingerprint density at radius 3 is 2.63 bits per heavy atom. The maximum Gasteiger partial charge on any atom is 0.336 e. The van der Waals surface area contributed by atoms with Gasteiger partial charge in [-0.15, -0.1) is 0 Å². The molecular weight excluding hydrogens is 338 g/mol. The molecule has 0 aromatic carbocycles. The molecule has 0 aromatic heterocycles. The van der Waals surface area contributed by atoms with Crippen molar-refractivity contribution < 1.29 is 14.3 Å². The zero-order chi connectivity index (χ0) is 19.3. The Kier molecular flexibility index (Phi) is 4.67. The lowest BCUT2D eigenvalue weighted by Gasteiger charge is -2.60. The third kappa shape index (κ3) is 3.13. The molecule has 3 aliphatic carbocycles. The lowest BCUT2D eigenvalue weighted by atomic mass is 9.45. The normalized spacial score (nSPS) is 40.5. The number of allylic oxidation sites excluding steroid dienone is 1. The minimum atomic E-state index is -0.270. The molecule has 1 aliphatic heterocycles. The summed E-state index contributed by atoms with van der Waals surface area (Å²) in [4.78, 5) is 22.8. The van der Waals surface area contributed by atoms with Gasteiger partial charge >= 0.3 is 5.97 Å². The van der Waals surface area contributed by atoms with Gasteiger partial charge in [0.15, 0.2) is 0 Å². The first-order valence-corrected chi connectivity index (χ1v) is 10.9. The zero-order valence-corrected chi connectivity index (χ0v) is 17.2. The Morgan fingerprint density at radius 1 is 1.15 bits per heavy atom. The summed E-state index contributed by atoms with van der Waals surface area (Å²) in [5, 5.41) is 2.71. The van der Waals surface area contributed by atoms with Crippen LogP contribution >= 0.6 is 0 Å². The van der Waals surface area contributed by atoms with Crippen LogP contribution in [0.3, 0.4) is 0 Å². The molecule has 27 heavy (non-hydrogen) atoms. The topological polar surface area (TPSA) is 55.4 Å². The fourth-order valence-corrected chi connectivity index (χ4v) is 7.33. The predicted molar refractivity (Wildman–Crippen MR) is 105 cm³/mol. The number of rotatable bonds is 5. The van der Waals surface area contributed by atoms with Gasteiger partial charge in [-0.25, -0.2) is 4.79 Å². The molecule has 0 aromatic rings. The van der Waals surface area contributed by atoms with Crippen molar-refractivity contribution in [2.24, 2.45) is 28.1 Å². The van der Waals surface area contributed by atoms with E-state index in [0.29, 0.717) is 28.2 Å². The molecule has 4 aliphatic rings. The minimum absolute atomic E-state index is 0.262. The van der Waals surface area contributed by atoms with E-state index in [9.17, 15) is 9.59 Å². The highest BCUT2D eigenvalue weighted by Crippen LogP contribution is 2.72. The van der Waals surface area contributed by atoms with Gasteiger partial charge in [0.1, 0.15) is 6.61 Å². The number of hydrogen-bond donors (Lipinski definition) is 1. The Balaban J connectivity index is 1.52. The van der Waals surface area contributed by atoms with Crippen LogP contribution < -0.4 is 5.32 Å². The van der Waals surface area contributed by atoms with Crippen LogP contribution in [0, 0.1) is 28.1 Å². The summed E-state index contributed by atoms with van der Waals surface area (Å²) >= 11 is 0. The Bertz CT molecular complexity index is 648. The van der Waals surface area contributed by atoms with Crippen molar-refractivity contribution in [2.45, 2.75) is 84.6 Å². The van der Waals surface area contributed by atoms with Gasteiger partial charge in [-0.05, 0) is 79.4 Å². The van der Waals surface area contributed by atoms with Gasteiger partial charge in [-0.2, -0.15) is 0 Å². The van der Waals surface area contributed by atoms with Crippen LogP contribution in [0.5, 0.6) is 0 Å². The average molecular weight is 374 g/mol. The Labute approximate surface area is 163 Å². The number of esters is 1. The van der Waals surface area contributed by atoms with Gasteiger partial charge in [0.25, 0.3) is 0 Å². The van der Waals surface area contributed by atoms with E-state index in [1.807, 2.05) is 6.08 Å². The predicted octanol–water partition coefficient (Wildman–Crippen LogP) is 4.39. The van der Waals surface area contributed by atoms with Crippen LogP contribution in [0.4, 0.5) is 0 Å². The number of carbonyl (C=O) groups excluding carboxylic acids is 2. The van der Waals surface area contributed by atoms with Crippen molar-refractivity contribution in [1.29, 1.82) is 0 Å². The standard InChI is InChI=1S/C23H35NO3/c1-21(2)9-5-10-22(3)18(21)8-11-23(12-13-23)19(22)7-4-6-16-17(24-15-25)14-27-20(16)26/h6,15,17-19H,4-5,7-14H2,1-3H3,(H,24,25)/b16-6-/t17?,18-,19+,22-/m0/s1. The van der Waals surface area contributed by atoms with Crippen molar-refractivity contribution >= 4 is 12.4 Å². The fourth-order valence-electron chi connectivity index (χ4n) is 7.33. The van der Waals surface area contributed by atoms with E-state index in [-0.39, 0.29) is 18.6 Å². The third-order valence-electron chi connectivity index (χ3n) is 8.72. The first kappa shape index (κ1) is 19.0. The number of ether oxygens (including phenoxy) is 1. The highest BCUT2D eigenvalue weighted by atomic mass is 16.5. The van der Waals surface area contributed by atoms with E-state index < -0.39 is 0 Å². The van der Waals surface area contributed by atoms with Gasteiger partial charge < -0.3 is 10.1 Å². The average Bonchev–Trinajstić information content (AvgIpc) is 3.28. The third-order valence-corrected chi connectivity index (χ3v) is 8.72. The fraction of sp³-hybridized carbons (Fsp3) is 0.826. The lowest BCUT2D eigenvalue weighted by molar-refractivity contribution is -0.135.